The maximum atomic E-state index is 12.7. The van der Waals surface area contributed by atoms with Crippen LogP contribution in [0.25, 0.3) is 10.2 Å². The van der Waals surface area contributed by atoms with Crippen molar-refractivity contribution in [2.45, 2.75) is 65.3 Å². The fourth-order valence-corrected chi connectivity index (χ4v) is 7.33. The second kappa shape index (κ2) is 9.64. The number of fused-ring (bicyclic) bond motifs is 3. The lowest BCUT2D eigenvalue weighted by atomic mass is 9.92. The SMILES string of the molecule is CC1CC(C)CN(Cc2csc(NC(=O)CCc3nc4sc5c(c4c(=O)[nH]3)CCCC5)n2)C1. The summed E-state index contributed by atoms with van der Waals surface area (Å²) in [5, 5.41) is 6.34. The molecule has 2 unspecified atom stereocenters. The number of hydrogen-bond acceptors (Lipinski definition) is 7. The molecule has 4 heterocycles. The molecule has 1 saturated heterocycles. The van der Waals surface area contributed by atoms with Crippen LogP contribution in [0.3, 0.4) is 0 Å². The van der Waals surface area contributed by atoms with Gasteiger partial charge in [-0.3, -0.25) is 14.5 Å². The molecule has 9 heteroatoms. The lowest BCUT2D eigenvalue weighted by molar-refractivity contribution is -0.116. The zero-order chi connectivity index (χ0) is 22.9. The molecule has 3 aromatic heterocycles. The van der Waals surface area contributed by atoms with E-state index in [4.69, 9.17) is 0 Å². The van der Waals surface area contributed by atoms with Gasteiger partial charge >= 0.3 is 0 Å². The average molecular weight is 486 g/mol. The second-order valence-electron chi connectivity index (χ2n) is 9.74. The molecule has 0 bridgehead atoms. The minimum absolute atomic E-state index is 0.0688. The topological polar surface area (TPSA) is 91.0 Å². The van der Waals surface area contributed by atoms with Crippen LogP contribution >= 0.6 is 22.7 Å². The number of nitrogens with zero attached hydrogens (tertiary/aromatic N) is 3. The van der Waals surface area contributed by atoms with Crippen molar-refractivity contribution in [3.8, 4) is 0 Å². The van der Waals surface area contributed by atoms with Gasteiger partial charge in [-0.05, 0) is 49.5 Å². The lowest BCUT2D eigenvalue weighted by Crippen LogP contribution is -2.38. The molecule has 1 amide bonds. The number of aromatic nitrogens is 3. The standard InChI is InChI=1S/C24H31N5O2S2/c1-14-9-15(2)11-29(10-14)12-16-13-32-24(25-16)28-20(30)8-7-19-26-22(31)21-17-5-3-4-6-18(17)33-23(21)27-19/h13-15H,3-12H2,1-2H3,(H,25,28,30)(H,26,27,31). The Morgan fingerprint density at radius 1 is 1.21 bits per heavy atom. The van der Waals surface area contributed by atoms with Gasteiger partial charge in [0.2, 0.25) is 5.91 Å². The first-order chi connectivity index (χ1) is 15.9. The zero-order valence-electron chi connectivity index (χ0n) is 19.3. The Balaban J connectivity index is 1.17. The number of thiazole rings is 1. The van der Waals surface area contributed by atoms with E-state index in [1.54, 1.807) is 11.3 Å². The van der Waals surface area contributed by atoms with E-state index < -0.39 is 0 Å². The van der Waals surface area contributed by atoms with Gasteiger partial charge in [-0.1, -0.05) is 13.8 Å². The Bertz CT molecular complexity index is 1200. The van der Waals surface area contributed by atoms with Gasteiger partial charge in [-0.25, -0.2) is 9.97 Å². The Kier molecular flexibility index (Phi) is 6.62. The molecule has 1 aliphatic carbocycles. The summed E-state index contributed by atoms with van der Waals surface area (Å²) in [5.41, 5.74) is 2.13. The Morgan fingerprint density at radius 3 is 2.82 bits per heavy atom. The summed E-state index contributed by atoms with van der Waals surface area (Å²) in [4.78, 5) is 41.9. The fraction of sp³-hybridized carbons (Fsp3) is 0.583. The molecule has 2 aliphatic rings. The van der Waals surface area contributed by atoms with Crippen LogP contribution in [0, 0.1) is 11.8 Å². The van der Waals surface area contributed by atoms with Crippen LogP contribution in [-0.4, -0.2) is 38.8 Å². The number of anilines is 1. The van der Waals surface area contributed by atoms with Crippen LogP contribution < -0.4 is 10.9 Å². The number of likely N-dealkylation sites (tertiary alicyclic amines) is 1. The van der Waals surface area contributed by atoms with Gasteiger partial charge in [-0.15, -0.1) is 22.7 Å². The molecule has 0 spiro atoms. The molecule has 7 nitrogen and oxygen atoms in total. The van der Waals surface area contributed by atoms with E-state index in [2.05, 4.69) is 39.0 Å². The van der Waals surface area contributed by atoms with Gasteiger partial charge in [-0.2, -0.15) is 0 Å². The number of rotatable bonds is 6. The average Bonchev–Trinajstić information content (AvgIpc) is 3.35. The van der Waals surface area contributed by atoms with Crippen molar-refractivity contribution in [3.63, 3.8) is 0 Å². The van der Waals surface area contributed by atoms with E-state index in [1.165, 1.54) is 34.6 Å². The van der Waals surface area contributed by atoms with Gasteiger partial charge in [0.05, 0.1) is 11.1 Å². The molecule has 0 radical (unpaired) electrons. The smallest absolute Gasteiger partial charge is 0.259 e. The van der Waals surface area contributed by atoms with Crippen LogP contribution in [0.1, 0.15) is 61.5 Å². The Hall–Kier alpha value is -2.10. The minimum Gasteiger partial charge on any atom is -0.310 e. The Morgan fingerprint density at radius 2 is 2.00 bits per heavy atom. The first-order valence-electron chi connectivity index (χ1n) is 11.9. The molecule has 2 N–H and O–H groups in total. The summed E-state index contributed by atoms with van der Waals surface area (Å²) in [5.74, 6) is 1.90. The van der Waals surface area contributed by atoms with E-state index in [1.807, 2.05) is 5.38 Å². The fourth-order valence-electron chi connectivity index (χ4n) is 5.33. The quantitative estimate of drug-likeness (QED) is 0.541. The van der Waals surface area contributed by atoms with Crippen LogP contribution in [0.15, 0.2) is 10.2 Å². The van der Waals surface area contributed by atoms with Crippen molar-refractivity contribution in [2.75, 3.05) is 18.4 Å². The molecule has 1 fully saturated rings. The summed E-state index contributed by atoms with van der Waals surface area (Å²) < 4.78 is 0. The lowest BCUT2D eigenvalue weighted by Gasteiger charge is -2.34. The van der Waals surface area contributed by atoms with E-state index >= 15 is 0 Å². The van der Waals surface area contributed by atoms with Crippen molar-refractivity contribution in [1.82, 2.24) is 19.9 Å². The van der Waals surface area contributed by atoms with Crippen LogP contribution in [-0.2, 0) is 30.6 Å². The predicted molar refractivity (Wildman–Crippen MR) is 134 cm³/mol. The number of piperidine rings is 1. The van der Waals surface area contributed by atoms with Crippen molar-refractivity contribution in [1.29, 1.82) is 0 Å². The highest BCUT2D eigenvalue weighted by atomic mass is 32.1. The number of amides is 1. The number of carbonyl (C=O) groups is 1. The monoisotopic (exact) mass is 485 g/mol. The van der Waals surface area contributed by atoms with Crippen molar-refractivity contribution < 1.29 is 4.79 Å². The van der Waals surface area contributed by atoms with Crippen LogP contribution in [0.5, 0.6) is 0 Å². The van der Waals surface area contributed by atoms with E-state index in [0.717, 1.165) is 54.8 Å². The van der Waals surface area contributed by atoms with E-state index in [-0.39, 0.29) is 17.9 Å². The molecule has 1 aliphatic heterocycles. The number of nitrogens with one attached hydrogen (secondary N) is 2. The van der Waals surface area contributed by atoms with Crippen molar-refractivity contribution in [2.24, 2.45) is 11.8 Å². The third kappa shape index (κ3) is 5.20. The maximum Gasteiger partial charge on any atom is 0.259 e. The van der Waals surface area contributed by atoms with Crippen molar-refractivity contribution in [3.05, 3.63) is 37.7 Å². The Labute approximate surface area is 201 Å². The number of carbonyl (C=O) groups excluding carboxylic acids is 1. The summed E-state index contributed by atoms with van der Waals surface area (Å²) in [6, 6.07) is 0. The second-order valence-corrected chi connectivity index (χ2v) is 11.7. The molecule has 2 atom stereocenters. The number of aromatic amines is 1. The normalized spacial score (nSPS) is 21.3. The maximum absolute atomic E-state index is 12.7. The molecule has 33 heavy (non-hydrogen) atoms. The van der Waals surface area contributed by atoms with Crippen LogP contribution in [0.2, 0.25) is 0 Å². The number of H-pyrrole nitrogens is 1. The van der Waals surface area contributed by atoms with Crippen LogP contribution in [0.4, 0.5) is 5.13 Å². The first kappa shape index (κ1) is 22.7. The van der Waals surface area contributed by atoms with E-state index in [0.29, 0.717) is 29.2 Å². The summed E-state index contributed by atoms with van der Waals surface area (Å²) in [6.45, 7) is 7.65. The summed E-state index contributed by atoms with van der Waals surface area (Å²) in [6.07, 6.45) is 6.27. The van der Waals surface area contributed by atoms with Gasteiger partial charge in [0.1, 0.15) is 10.7 Å². The molecule has 0 aromatic carbocycles. The molecular weight excluding hydrogens is 454 g/mol. The molecule has 3 aromatic rings. The van der Waals surface area contributed by atoms with Crippen molar-refractivity contribution >= 4 is 43.9 Å². The summed E-state index contributed by atoms with van der Waals surface area (Å²) >= 11 is 3.11. The molecule has 5 rings (SSSR count). The summed E-state index contributed by atoms with van der Waals surface area (Å²) in [7, 11) is 0. The third-order valence-corrected chi connectivity index (χ3v) is 8.58. The highest BCUT2D eigenvalue weighted by molar-refractivity contribution is 7.18. The third-order valence-electron chi connectivity index (χ3n) is 6.59. The molecule has 0 saturated carbocycles. The predicted octanol–water partition coefficient (Wildman–Crippen LogP) is 4.37. The van der Waals surface area contributed by atoms with Gasteiger partial charge in [0.15, 0.2) is 5.13 Å². The first-order valence-corrected chi connectivity index (χ1v) is 13.6. The number of aryl methyl sites for hydroxylation is 3. The highest BCUT2D eigenvalue weighted by Gasteiger charge is 2.23. The number of thiophene rings is 1. The van der Waals surface area contributed by atoms with Gasteiger partial charge in [0, 0.05) is 42.7 Å². The minimum atomic E-state index is -0.107. The molecule has 176 valence electrons. The largest absolute Gasteiger partial charge is 0.310 e. The zero-order valence-corrected chi connectivity index (χ0v) is 20.9. The number of hydrogen-bond donors (Lipinski definition) is 2. The van der Waals surface area contributed by atoms with Gasteiger partial charge in [0.25, 0.3) is 5.56 Å². The van der Waals surface area contributed by atoms with Gasteiger partial charge < -0.3 is 10.3 Å². The van der Waals surface area contributed by atoms with E-state index in [9.17, 15) is 9.59 Å². The highest BCUT2D eigenvalue weighted by Crippen LogP contribution is 2.33. The molecular formula is C24H31N5O2S2.